The van der Waals surface area contributed by atoms with Crippen LogP contribution in [0.5, 0.6) is 0 Å². The van der Waals surface area contributed by atoms with Crippen LogP contribution in [-0.4, -0.2) is 70.1 Å². The van der Waals surface area contributed by atoms with Crippen LogP contribution in [0.3, 0.4) is 0 Å². The summed E-state index contributed by atoms with van der Waals surface area (Å²) in [5.41, 5.74) is 1.24. The molecule has 1 aromatic carbocycles. The topological polar surface area (TPSA) is 65.0 Å². The van der Waals surface area contributed by atoms with E-state index in [9.17, 15) is 8.42 Å². The van der Waals surface area contributed by atoms with E-state index in [1.807, 2.05) is 13.0 Å². The van der Waals surface area contributed by atoms with Crippen LogP contribution in [-0.2, 0) is 9.84 Å². The Kier molecular flexibility index (Phi) is 6.90. The lowest BCUT2D eigenvalue weighted by Crippen LogP contribution is -2.52. The van der Waals surface area contributed by atoms with Crippen molar-refractivity contribution >= 4 is 21.5 Å². The summed E-state index contributed by atoms with van der Waals surface area (Å²) in [4.78, 5) is 9.07. The van der Waals surface area contributed by atoms with Gasteiger partial charge in [-0.25, -0.2) is 8.42 Å². The maximum atomic E-state index is 11.6. The average Bonchev–Trinajstić information content (AvgIpc) is 2.62. The van der Waals surface area contributed by atoms with Gasteiger partial charge in [-0.15, -0.1) is 0 Å². The smallest absolute Gasteiger partial charge is 0.194 e. The van der Waals surface area contributed by atoms with E-state index in [0.29, 0.717) is 6.54 Å². The molecule has 0 bridgehead atoms. The molecule has 1 aliphatic heterocycles. The van der Waals surface area contributed by atoms with Crippen LogP contribution in [0, 0.1) is 0 Å². The number of para-hydroxylation sites is 1. The Labute approximate surface area is 145 Å². The highest BCUT2D eigenvalue weighted by molar-refractivity contribution is 7.91. The van der Waals surface area contributed by atoms with Crippen molar-refractivity contribution in [2.45, 2.75) is 13.8 Å². The largest absolute Gasteiger partial charge is 0.368 e. The minimum absolute atomic E-state index is 0.113. The van der Waals surface area contributed by atoms with Crippen molar-refractivity contribution in [3.05, 3.63) is 30.3 Å². The lowest BCUT2D eigenvalue weighted by Gasteiger charge is -2.37. The number of sulfone groups is 1. The molecule has 24 heavy (non-hydrogen) atoms. The highest BCUT2D eigenvalue weighted by Gasteiger charge is 2.19. The average molecular weight is 353 g/mol. The number of rotatable bonds is 6. The third-order valence-corrected chi connectivity index (χ3v) is 5.82. The first-order chi connectivity index (χ1) is 11.6. The fourth-order valence-electron chi connectivity index (χ4n) is 2.68. The molecule has 0 aliphatic carbocycles. The predicted molar refractivity (Wildman–Crippen MR) is 101 cm³/mol. The van der Waals surface area contributed by atoms with Gasteiger partial charge in [0.25, 0.3) is 0 Å². The van der Waals surface area contributed by atoms with Gasteiger partial charge in [0, 0.05) is 44.2 Å². The van der Waals surface area contributed by atoms with Crippen LogP contribution in [0.15, 0.2) is 35.3 Å². The maximum Gasteiger partial charge on any atom is 0.194 e. The molecule has 1 aliphatic rings. The fourth-order valence-corrected chi connectivity index (χ4v) is 3.33. The molecule has 2 rings (SSSR count). The minimum Gasteiger partial charge on any atom is -0.368 e. The molecule has 1 aromatic rings. The van der Waals surface area contributed by atoms with Gasteiger partial charge in [0.05, 0.1) is 12.3 Å². The summed E-state index contributed by atoms with van der Waals surface area (Å²) in [6.07, 6.45) is 0. The van der Waals surface area contributed by atoms with Gasteiger partial charge >= 0.3 is 0 Å². The standard InChI is InChI=1S/C17H28N4O2S/c1-3-18-17(19-10-15-24(22,23)4-2)21-13-11-20(12-14-21)16-8-6-5-7-9-16/h5-9H,3-4,10-15H2,1-2H3,(H,18,19). The molecule has 0 saturated carbocycles. The van der Waals surface area contributed by atoms with Gasteiger partial charge in [0.15, 0.2) is 15.8 Å². The van der Waals surface area contributed by atoms with Crippen molar-refractivity contribution in [3.8, 4) is 0 Å². The van der Waals surface area contributed by atoms with Crippen molar-refractivity contribution in [2.24, 2.45) is 4.99 Å². The second-order valence-electron chi connectivity index (χ2n) is 5.78. The van der Waals surface area contributed by atoms with E-state index < -0.39 is 9.84 Å². The highest BCUT2D eigenvalue weighted by atomic mass is 32.2. The van der Waals surface area contributed by atoms with E-state index in [4.69, 9.17) is 0 Å². The van der Waals surface area contributed by atoms with Crippen LogP contribution in [0.4, 0.5) is 5.69 Å². The van der Waals surface area contributed by atoms with Crippen LogP contribution >= 0.6 is 0 Å². The quantitative estimate of drug-likeness (QED) is 0.616. The summed E-state index contributed by atoms with van der Waals surface area (Å²) < 4.78 is 23.2. The van der Waals surface area contributed by atoms with E-state index in [0.717, 1.165) is 38.7 Å². The van der Waals surface area contributed by atoms with E-state index in [1.165, 1.54) is 5.69 Å². The Morgan fingerprint density at radius 1 is 1.12 bits per heavy atom. The summed E-state index contributed by atoms with van der Waals surface area (Å²) >= 11 is 0. The van der Waals surface area contributed by atoms with E-state index in [-0.39, 0.29) is 11.5 Å². The number of anilines is 1. The van der Waals surface area contributed by atoms with Gasteiger partial charge in [-0.05, 0) is 19.1 Å². The Hall–Kier alpha value is -1.76. The number of nitrogens with one attached hydrogen (secondary N) is 1. The summed E-state index contributed by atoms with van der Waals surface area (Å²) in [7, 11) is -2.97. The molecule has 1 N–H and O–H groups in total. The zero-order valence-electron chi connectivity index (χ0n) is 14.6. The molecule has 134 valence electrons. The van der Waals surface area contributed by atoms with Crippen LogP contribution < -0.4 is 10.2 Å². The lowest BCUT2D eigenvalue weighted by atomic mass is 10.2. The molecule has 0 atom stereocenters. The Morgan fingerprint density at radius 3 is 2.38 bits per heavy atom. The third kappa shape index (κ3) is 5.40. The van der Waals surface area contributed by atoms with E-state index >= 15 is 0 Å². The molecule has 0 radical (unpaired) electrons. The molecule has 0 aromatic heterocycles. The van der Waals surface area contributed by atoms with Gasteiger partial charge in [0.2, 0.25) is 0 Å². The SMILES string of the molecule is CCNC(=NCCS(=O)(=O)CC)N1CCN(c2ccccc2)CC1. The number of hydrogen-bond donors (Lipinski definition) is 1. The number of nitrogens with zero attached hydrogens (tertiary/aromatic N) is 3. The predicted octanol–water partition coefficient (Wildman–Crippen LogP) is 1.21. The van der Waals surface area contributed by atoms with Crippen LogP contribution in [0.1, 0.15) is 13.8 Å². The van der Waals surface area contributed by atoms with Crippen molar-refractivity contribution in [3.63, 3.8) is 0 Å². The highest BCUT2D eigenvalue weighted by Crippen LogP contribution is 2.15. The second-order valence-corrected chi connectivity index (χ2v) is 8.25. The van der Waals surface area contributed by atoms with Gasteiger partial charge in [-0.1, -0.05) is 25.1 Å². The van der Waals surface area contributed by atoms with E-state index in [1.54, 1.807) is 6.92 Å². The molecule has 7 heteroatoms. The number of benzene rings is 1. The zero-order chi connectivity index (χ0) is 17.4. The third-order valence-electron chi connectivity index (χ3n) is 4.14. The van der Waals surface area contributed by atoms with Crippen molar-refractivity contribution in [1.82, 2.24) is 10.2 Å². The zero-order valence-corrected chi connectivity index (χ0v) is 15.4. The number of hydrogen-bond acceptors (Lipinski definition) is 4. The van der Waals surface area contributed by atoms with E-state index in [2.05, 4.69) is 44.4 Å². The summed E-state index contributed by atoms with van der Waals surface area (Å²) in [6.45, 7) is 8.41. The first-order valence-corrected chi connectivity index (χ1v) is 10.4. The molecule has 0 amide bonds. The molecular formula is C17H28N4O2S. The molecule has 0 spiro atoms. The van der Waals surface area contributed by atoms with Crippen molar-refractivity contribution < 1.29 is 8.42 Å². The lowest BCUT2D eigenvalue weighted by molar-refractivity contribution is 0.373. The summed E-state index contributed by atoms with van der Waals surface area (Å²) in [5, 5.41) is 3.27. The Morgan fingerprint density at radius 2 is 1.79 bits per heavy atom. The number of guanidine groups is 1. The van der Waals surface area contributed by atoms with Crippen LogP contribution in [0.2, 0.25) is 0 Å². The molecule has 6 nitrogen and oxygen atoms in total. The summed E-state index contributed by atoms with van der Waals surface area (Å²) in [5.74, 6) is 1.11. The first kappa shape index (κ1) is 18.6. The van der Waals surface area contributed by atoms with Gasteiger partial charge in [-0.3, -0.25) is 4.99 Å². The van der Waals surface area contributed by atoms with Gasteiger partial charge in [0.1, 0.15) is 0 Å². The van der Waals surface area contributed by atoms with Gasteiger partial charge < -0.3 is 15.1 Å². The second kappa shape index (κ2) is 8.92. The number of piperazine rings is 1. The van der Waals surface area contributed by atoms with Crippen LogP contribution in [0.25, 0.3) is 0 Å². The normalized spacial score (nSPS) is 16.3. The monoisotopic (exact) mass is 352 g/mol. The maximum absolute atomic E-state index is 11.6. The van der Waals surface area contributed by atoms with Gasteiger partial charge in [-0.2, -0.15) is 0 Å². The minimum atomic E-state index is -2.97. The molecule has 1 heterocycles. The first-order valence-electron chi connectivity index (χ1n) is 8.59. The number of aliphatic imine (C=N–C) groups is 1. The fraction of sp³-hybridized carbons (Fsp3) is 0.588. The van der Waals surface area contributed by atoms with Crippen molar-refractivity contribution in [1.29, 1.82) is 0 Å². The Balaban J connectivity index is 1.93. The van der Waals surface area contributed by atoms with Crippen molar-refractivity contribution in [2.75, 3.05) is 55.7 Å². The molecule has 1 saturated heterocycles. The summed E-state index contributed by atoms with van der Waals surface area (Å²) in [6, 6.07) is 10.4. The molecule has 1 fully saturated rings. The molecular weight excluding hydrogens is 324 g/mol. The Bertz CT molecular complexity index is 623. The molecule has 0 unspecified atom stereocenters.